The Balaban J connectivity index is 1.60. The summed E-state index contributed by atoms with van der Waals surface area (Å²) in [5, 5.41) is 8.34. The summed E-state index contributed by atoms with van der Waals surface area (Å²) in [5.41, 5.74) is 5.07. The lowest BCUT2D eigenvalue weighted by Gasteiger charge is -2.09. The molecule has 0 amide bonds. The lowest BCUT2D eigenvalue weighted by Crippen LogP contribution is -2.10. The number of aromatic nitrogens is 5. The molecule has 0 aliphatic heterocycles. The van der Waals surface area contributed by atoms with Crippen LogP contribution in [0.3, 0.4) is 0 Å². The molecule has 0 bridgehead atoms. The first kappa shape index (κ1) is 16.3. The predicted molar refractivity (Wildman–Crippen MR) is 103 cm³/mol. The number of benzene rings is 1. The van der Waals surface area contributed by atoms with Crippen LogP contribution in [0.4, 0.5) is 5.82 Å². The van der Waals surface area contributed by atoms with Gasteiger partial charge in [-0.25, -0.2) is 9.97 Å². The normalized spacial score (nSPS) is 11.2. The third kappa shape index (κ3) is 3.18. The highest BCUT2D eigenvalue weighted by Gasteiger charge is 2.14. The van der Waals surface area contributed by atoms with Crippen LogP contribution >= 0.6 is 0 Å². The molecule has 4 aromatic rings. The number of aryl methyl sites for hydroxylation is 3. The second kappa shape index (κ2) is 7.00. The zero-order chi connectivity index (χ0) is 17.9. The Bertz CT molecular complexity index is 1000. The quantitative estimate of drug-likeness (QED) is 0.541. The Kier molecular flexibility index (Phi) is 4.39. The van der Waals surface area contributed by atoms with Crippen molar-refractivity contribution < 1.29 is 0 Å². The van der Waals surface area contributed by atoms with Crippen LogP contribution in [0.15, 0.2) is 55.1 Å². The number of nitrogens with zero attached hydrogens (tertiary/aromatic N) is 5. The van der Waals surface area contributed by atoms with E-state index in [2.05, 4.69) is 33.9 Å². The number of hydrogen-bond donors (Lipinski definition) is 1. The van der Waals surface area contributed by atoms with Crippen molar-refractivity contribution in [2.45, 2.75) is 26.8 Å². The van der Waals surface area contributed by atoms with E-state index in [9.17, 15) is 0 Å². The number of imidazole rings is 1. The molecule has 26 heavy (non-hydrogen) atoms. The largest absolute Gasteiger partial charge is 0.370 e. The van der Waals surface area contributed by atoms with Crippen molar-refractivity contribution in [1.82, 2.24) is 24.1 Å². The van der Waals surface area contributed by atoms with Gasteiger partial charge in [-0.05, 0) is 20.3 Å². The first-order chi connectivity index (χ1) is 12.7. The summed E-state index contributed by atoms with van der Waals surface area (Å²) in [6, 6.07) is 12.3. The van der Waals surface area contributed by atoms with Crippen LogP contribution in [0, 0.1) is 13.8 Å². The maximum Gasteiger partial charge on any atom is 0.161 e. The third-order valence-corrected chi connectivity index (χ3v) is 4.45. The van der Waals surface area contributed by atoms with Crippen LogP contribution in [0.2, 0.25) is 0 Å². The summed E-state index contributed by atoms with van der Waals surface area (Å²) in [5.74, 6) is 0.975. The average Bonchev–Trinajstić information content (AvgIpc) is 3.28. The van der Waals surface area contributed by atoms with Gasteiger partial charge in [0.15, 0.2) is 5.65 Å². The van der Waals surface area contributed by atoms with Crippen LogP contribution in [-0.4, -0.2) is 30.7 Å². The molecule has 0 spiro atoms. The molecule has 1 N–H and O–H groups in total. The molecule has 4 rings (SSSR count). The Morgan fingerprint density at radius 2 is 1.96 bits per heavy atom. The second-order valence-corrected chi connectivity index (χ2v) is 6.44. The molecular weight excluding hydrogens is 324 g/mol. The molecule has 0 atom stereocenters. The molecule has 0 radical (unpaired) electrons. The zero-order valence-electron chi connectivity index (χ0n) is 15.1. The summed E-state index contributed by atoms with van der Waals surface area (Å²) < 4.78 is 4.00. The van der Waals surface area contributed by atoms with Crippen LogP contribution in [0.1, 0.15) is 17.7 Å². The van der Waals surface area contributed by atoms with Gasteiger partial charge in [0.2, 0.25) is 0 Å². The molecule has 3 heterocycles. The molecule has 0 aliphatic carbocycles. The standard InChI is InChI=1S/C20H22N6/c1-15-13-18(22-9-6-11-25-12-10-21-14-25)26-20(23-15)16(2)19(24-26)17-7-4-3-5-8-17/h3-5,7-8,10,12-14,22H,6,9,11H2,1-2H3. The van der Waals surface area contributed by atoms with Gasteiger partial charge in [-0.3, -0.25) is 0 Å². The van der Waals surface area contributed by atoms with Crippen LogP contribution in [-0.2, 0) is 6.54 Å². The van der Waals surface area contributed by atoms with E-state index in [1.807, 2.05) is 48.2 Å². The van der Waals surface area contributed by atoms with Gasteiger partial charge < -0.3 is 9.88 Å². The van der Waals surface area contributed by atoms with Crippen molar-refractivity contribution in [3.8, 4) is 11.3 Å². The number of nitrogens with one attached hydrogen (secondary N) is 1. The minimum absolute atomic E-state index is 0.857. The van der Waals surface area contributed by atoms with Crippen LogP contribution in [0.25, 0.3) is 16.9 Å². The van der Waals surface area contributed by atoms with Gasteiger partial charge in [-0.1, -0.05) is 30.3 Å². The minimum Gasteiger partial charge on any atom is -0.370 e. The molecule has 0 unspecified atom stereocenters. The fraction of sp³-hybridized carbons (Fsp3) is 0.250. The predicted octanol–water partition coefficient (Wildman–Crippen LogP) is 3.71. The fourth-order valence-electron chi connectivity index (χ4n) is 3.14. The molecule has 6 nitrogen and oxygen atoms in total. The summed E-state index contributed by atoms with van der Waals surface area (Å²) in [6.45, 7) is 5.90. The first-order valence-corrected chi connectivity index (χ1v) is 8.84. The number of hydrogen-bond acceptors (Lipinski definition) is 4. The van der Waals surface area contributed by atoms with E-state index in [-0.39, 0.29) is 0 Å². The monoisotopic (exact) mass is 346 g/mol. The number of anilines is 1. The molecule has 0 aliphatic rings. The van der Waals surface area contributed by atoms with E-state index in [4.69, 9.17) is 10.1 Å². The Hall–Kier alpha value is -3.15. The lowest BCUT2D eigenvalue weighted by molar-refractivity contribution is 0.659. The minimum atomic E-state index is 0.857. The van der Waals surface area contributed by atoms with Crippen molar-refractivity contribution >= 4 is 11.5 Å². The van der Waals surface area contributed by atoms with Crippen molar-refractivity contribution in [3.05, 3.63) is 66.4 Å². The molecule has 1 aromatic carbocycles. The third-order valence-electron chi connectivity index (χ3n) is 4.45. The highest BCUT2D eigenvalue weighted by atomic mass is 15.3. The van der Waals surface area contributed by atoms with E-state index in [1.54, 1.807) is 6.20 Å². The van der Waals surface area contributed by atoms with Crippen LogP contribution < -0.4 is 5.32 Å². The number of rotatable bonds is 6. The SMILES string of the molecule is Cc1cc(NCCCn2ccnc2)n2nc(-c3ccccc3)c(C)c2n1. The Morgan fingerprint density at radius 1 is 1.12 bits per heavy atom. The van der Waals surface area contributed by atoms with E-state index in [0.717, 1.165) is 53.5 Å². The molecule has 0 saturated heterocycles. The fourth-order valence-corrected chi connectivity index (χ4v) is 3.14. The highest BCUT2D eigenvalue weighted by molar-refractivity contribution is 5.71. The van der Waals surface area contributed by atoms with Crippen molar-refractivity contribution in [3.63, 3.8) is 0 Å². The van der Waals surface area contributed by atoms with Gasteiger partial charge in [0, 0.05) is 48.4 Å². The molecule has 0 fully saturated rings. The lowest BCUT2D eigenvalue weighted by atomic mass is 10.1. The molecule has 3 aromatic heterocycles. The maximum atomic E-state index is 4.83. The van der Waals surface area contributed by atoms with Gasteiger partial charge in [0.25, 0.3) is 0 Å². The van der Waals surface area contributed by atoms with E-state index in [0.29, 0.717) is 0 Å². The van der Waals surface area contributed by atoms with Gasteiger partial charge in [0.1, 0.15) is 5.82 Å². The van der Waals surface area contributed by atoms with Crippen LogP contribution in [0.5, 0.6) is 0 Å². The topological polar surface area (TPSA) is 60.0 Å². The molecular formula is C20H22N6. The van der Waals surface area contributed by atoms with Crippen molar-refractivity contribution in [1.29, 1.82) is 0 Å². The van der Waals surface area contributed by atoms with Crippen molar-refractivity contribution in [2.75, 3.05) is 11.9 Å². The summed E-state index contributed by atoms with van der Waals surface area (Å²) in [4.78, 5) is 8.77. The highest BCUT2D eigenvalue weighted by Crippen LogP contribution is 2.26. The van der Waals surface area contributed by atoms with Gasteiger partial charge >= 0.3 is 0 Å². The summed E-state index contributed by atoms with van der Waals surface area (Å²) in [6.07, 6.45) is 6.64. The Morgan fingerprint density at radius 3 is 2.73 bits per heavy atom. The van der Waals surface area contributed by atoms with E-state index in [1.165, 1.54) is 0 Å². The summed E-state index contributed by atoms with van der Waals surface area (Å²) in [7, 11) is 0. The first-order valence-electron chi connectivity index (χ1n) is 8.84. The van der Waals surface area contributed by atoms with E-state index >= 15 is 0 Å². The Labute approximate surface area is 152 Å². The molecule has 0 saturated carbocycles. The molecule has 6 heteroatoms. The second-order valence-electron chi connectivity index (χ2n) is 6.44. The molecule has 132 valence electrons. The number of fused-ring (bicyclic) bond motifs is 1. The maximum absolute atomic E-state index is 4.83. The van der Waals surface area contributed by atoms with Crippen molar-refractivity contribution in [2.24, 2.45) is 0 Å². The van der Waals surface area contributed by atoms with E-state index < -0.39 is 0 Å². The zero-order valence-corrected chi connectivity index (χ0v) is 15.1. The average molecular weight is 346 g/mol. The smallest absolute Gasteiger partial charge is 0.161 e. The van der Waals surface area contributed by atoms with Gasteiger partial charge in [0.05, 0.1) is 12.0 Å². The van der Waals surface area contributed by atoms with Gasteiger partial charge in [-0.2, -0.15) is 9.61 Å². The summed E-state index contributed by atoms with van der Waals surface area (Å²) >= 11 is 0. The van der Waals surface area contributed by atoms with Gasteiger partial charge in [-0.15, -0.1) is 0 Å².